The topological polar surface area (TPSA) is 40.5 Å². The maximum atomic E-state index is 11.8. The molecule has 13 heavy (non-hydrogen) atoms. The first kappa shape index (κ1) is 10.0. The van der Waals surface area contributed by atoms with Crippen LogP contribution in [0, 0.1) is 0 Å². The Morgan fingerprint density at radius 1 is 1.15 bits per heavy atom. The van der Waals surface area contributed by atoms with Crippen molar-refractivity contribution in [3.05, 3.63) is 18.2 Å². The van der Waals surface area contributed by atoms with Crippen LogP contribution in [0.5, 0.6) is 11.5 Å². The molecular formula is C7H5F3O2S. The number of phenolic OH excluding ortho intramolecular Hbond substituents is 2. The summed E-state index contributed by atoms with van der Waals surface area (Å²) in [6.07, 6.45) is 0. The molecule has 72 valence electrons. The second kappa shape index (κ2) is 3.37. The molecule has 0 heterocycles. The van der Waals surface area contributed by atoms with Crippen molar-refractivity contribution in [3.63, 3.8) is 0 Å². The second-order valence-electron chi connectivity index (χ2n) is 2.20. The van der Waals surface area contributed by atoms with E-state index in [1.807, 2.05) is 0 Å². The first-order valence-corrected chi connectivity index (χ1v) is 3.98. The van der Waals surface area contributed by atoms with Gasteiger partial charge in [0, 0.05) is 6.07 Å². The second-order valence-corrected chi connectivity index (χ2v) is 3.31. The third-order valence-electron chi connectivity index (χ3n) is 1.17. The van der Waals surface area contributed by atoms with E-state index in [4.69, 9.17) is 10.2 Å². The van der Waals surface area contributed by atoms with E-state index in [-0.39, 0.29) is 10.6 Å². The van der Waals surface area contributed by atoms with E-state index in [1.165, 1.54) is 0 Å². The van der Waals surface area contributed by atoms with Gasteiger partial charge in [0.2, 0.25) is 0 Å². The van der Waals surface area contributed by atoms with Gasteiger partial charge in [0.15, 0.2) is 0 Å². The summed E-state index contributed by atoms with van der Waals surface area (Å²) in [7, 11) is 0. The fraction of sp³-hybridized carbons (Fsp3) is 0.143. The van der Waals surface area contributed by atoms with Crippen molar-refractivity contribution in [1.82, 2.24) is 0 Å². The van der Waals surface area contributed by atoms with Gasteiger partial charge in [-0.05, 0) is 23.9 Å². The maximum Gasteiger partial charge on any atom is 0.446 e. The van der Waals surface area contributed by atoms with E-state index in [0.717, 1.165) is 18.2 Å². The molecule has 0 bridgehead atoms. The predicted octanol–water partition coefficient (Wildman–Crippen LogP) is 2.71. The van der Waals surface area contributed by atoms with Crippen molar-refractivity contribution in [3.8, 4) is 11.5 Å². The fourth-order valence-corrected chi connectivity index (χ4v) is 1.27. The normalized spacial score (nSPS) is 11.6. The maximum absolute atomic E-state index is 11.8. The minimum absolute atomic E-state index is 0.274. The van der Waals surface area contributed by atoms with Crippen LogP contribution in [0.3, 0.4) is 0 Å². The number of thioether (sulfide) groups is 1. The summed E-state index contributed by atoms with van der Waals surface area (Å²) in [5.74, 6) is -0.855. The predicted molar refractivity (Wildman–Crippen MR) is 41.7 cm³/mol. The summed E-state index contributed by atoms with van der Waals surface area (Å²) in [4.78, 5) is -0.328. The van der Waals surface area contributed by atoms with Crippen LogP contribution in [-0.2, 0) is 0 Å². The van der Waals surface area contributed by atoms with E-state index in [0.29, 0.717) is 0 Å². The minimum atomic E-state index is -4.44. The van der Waals surface area contributed by atoms with Gasteiger partial charge in [-0.25, -0.2) is 0 Å². The van der Waals surface area contributed by atoms with Gasteiger partial charge >= 0.3 is 5.51 Å². The monoisotopic (exact) mass is 210 g/mol. The van der Waals surface area contributed by atoms with E-state index >= 15 is 0 Å². The molecule has 0 amide bonds. The fourth-order valence-electron chi connectivity index (χ4n) is 0.717. The lowest BCUT2D eigenvalue weighted by atomic mass is 10.3. The number of halogens is 3. The Hall–Kier alpha value is -1.04. The van der Waals surface area contributed by atoms with Crippen molar-refractivity contribution in [2.75, 3.05) is 0 Å². The summed E-state index contributed by atoms with van der Waals surface area (Å²) in [6, 6.07) is 2.94. The molecule has 0 unspecified atom stereocenters. The van der Waals surface area contributed by atoms with Crippen LogP contribution in [-0.4, -0.2) is 15.7 Å². The SMILES string of the molecule is Oc1ccc(SC(F)(F)F)c(O)c1. The highest BCUT2D eigenvalue weighted by Gasteiger charge is 2.30. The van der Waals surface area contributed by atoms with Gasteiger partial charge in [0.1, 0.15) is 11.5 Å². The molecule has 2 nitrogen and oxygen atoms in total. The summed E-state index contributed by atoms with van der Waals surface area (Å²) in [5, 5.41) is 17.8. The van der Waals surface area contributed by atoms with Crippen LogP contribution >= 0.6 is 11.8 Å². The summed E-state index contributed by atoms with van der Waals surface area (Å²) >= 11 is -0.425. The molecule has 0 aliphatic carbocycles. The lowest BCUT2D eigenvalue weighted by Gasteiger charge is -2.06. The highest BCUT2D eigenvalue weighted by molar-refractivity contribution is 8.00. The van der Waals surface area contributed by atoms with Gasteiger partial charge in [-0.15, -0.1) is 0 Å². The van der Waals surface area contributed by atoms with Crippen molar-refractivity contribution >= 4 is 11.8 Å². The van der Waals surface area contributed by atoms with E-state index in [1.54, 1.807) is 0 Å². The van der Waals surface area contributed by atoms with Crippen LogP contribution in [0.2, 0.25) is 0 Å². The van der Waals surface area contributed by atoms with Gasteiger partial charge in [0.05, 0.1) is 4.90 Å². The molecule has 0 aliphatic rings. The molecular weight excluding hydrogens is 205 g/mol. The van der Waals surface area contributed by atoms with Gasteiger partial charge in [0.25, 0.3) is 0 Å². The smallest absolute Gasteiger partial charge is 0.446 e. The molecule has 0 spiro atoms. The molecule has 6 heteroatoms. The molecule has 0 atom stereocenters. The Labute approximate surface area is 76.0 Å². The number of alkyl halides is 3. The Morgan fingerprint density at radius 3 is 2.23 bits per heavy atom. The summed E-state index contributed by atoms with van der Waals surface area (Å²) in [6.45, 7) is 0. The molecule has 1 aromatic carbocycles. The first-order chi connectivity index (χ1) is 5.88. The molecule has 0 fully saturated rings. The van der Waals surface area contributed by atoms with Crippen molar-refractivity contribution in [1.29, 1.82) is 0 Å². The zero-order valence-corrected chi connectivity index (χ0v) is 6.99. The molecule has 0 radical (unpaired) electrons. The average molecular weight is 210 g/mol. The van der Waals surface area contributed by atoms with Crippen LogP contribution in [0.25, 0.3) is 0 Å². The van der Waals surface area contributed by atoms with Crippen LogP contribution in [0.4, 0.5) is 13.2 Å². The third kappa shape index (κ3) is 3.06. The van der Waals surface area contributed by atoms with Crippen LogP contribution < -0.4 is 0 Å². The Kier molecular flexibility index (Phi) is 2.60. The molecule has 1 aromatic rings. The average Bonchev–Trinajstić information content (AvgIpc) is 1.93. The van der Waals surface area contributed by atoms with E-state index in [9.17, 15) is 13.2 Å². The number of aromatic hydroxyl groups is 2. The Bertz CT molecular complexity index is 311. The molecule has 0 aliphatic heterocycles. The van der Waals surface area contributed by atoms with Crippen molar-refractivity contribution in [2.45, 2.75) is 10.4 Å². The van der Waals surface area contributed by atoms with Crippen molar-refractivity contribution in [2.24, 2.45) is 0 Å². The molecule has 2 N–H and O–H groups in total. The molecule has 0 saturated carbocycles. The standard InChI is InChI=1S/C7H5F3O2S/c8-7(9,10)13-6-2-1-4(11)3-5(6)12/h1-3,11-12H. The van der Waals surface area contributed by atoms with Crippen molar-refractivity contribution < 1.29 is 23.4 Å². The number of hydrogen-bond donors (Lipinski definition) is 2. The largest absolute Gasteiger partial charge is 0.508 e. The van der Waals surface area contributed by atoms with Crippen LogP contribution in [0.15, 0.2) is 23.1 Å². The molecule has 0 aromatic heterocycles. The lowest BCUT2D eigenvalue weighted by Crippen LogP contribution is -1.98. The van der Waals surface area contributed by atoms with Gasteiger partial charge in [-0.1, -0.05) is 0 Å². The molecule has 1 rings (SSSR count). The van der Waals surface area contributed by atoms with E-state index in [2.05, 4.69) is 0 Å². The van der Waals surface area contributed by atoms with Gasteiger partial charge in [-0.2, -0.15) is 13.2 Å². The third-order valence-corrected chi connectivity index (χ3v) is 1.96. The number of phenols is 2. The Balaban J connectivity index is 2.90. The van der Waals surface area contributed by atoms with Crippen LogP contribution in [0.1, 0.15) is 0 Å². The highest BCUT2D eigenvalue weighted by atomic mass is 32.2. The first-order valence-electron chi connectivity index (χ1n) is 3.16. The number of hydrogen-bond acceptors (Lipinski definition) is 3. The Morgan fingerprint density at radius 2 is 1.77 bits per heavy atom. The quantitative estimate of drug-likeness (QED) is 0.700. The zero-order chi connectivity index (χ0) is 10.1. The van der Waals surface area contributed by atoms with Gasteiger partial charge < -0.3 is 10.2 Å². The summed E-state index contributed by atoms with van der Waals surface area (Å²) < 4.78 is 35.4. The van der Waals surface area contributed by atoms with E-state index < -0.39 is 23.0 Å². The summed E-state index contributed by atoms with van der Waals surface area (Å²) in [5.41, 5.74) is -4.44. The highest BCUT2D eigenvalue weighted by Crippen LogP contribution is 2.41. The number of benzene rings is 1. The lowest BCUT2D eigenvalue weighted by molar-refractivity contribution is -0.0329. The number of rotatable bonds is 1. The zero-order valence-electron chi connectivity index (χ0n) is 6.17. The minimum Gasteiger partial charge on any atom is -0.508 e. The van der Waals surface area contributed by atoms with Gasteiger partial charge in [-0.3, -0.25) is 0 Å². The molecule has 0 saturated heterocycles.